The van der Waals surface area contributed by atoms with E-state index in [1.54, 1.807) is 13.0 Å². The first kappa shape index (κ1) is 14.0. The zero-order valence-electron chi connectivity index (χ0n) is 11.4. The maximum absolute atomic E-state index is 12.3. The molecule has 19 heavy (non-hydrogen) atoms. The van der Waals surface area contributed by atoms with Crippen LogP contribution in [0.1, 0.15) is 33.1 Å². The summed E-state index contributed by atoms with van der Waals surface area (Å²) in [6.07, 6.45) is 5.19. The lowest BCUT2D eigenvalue weighted by Gasteiger charge is -2.18. The van der Waals surface area contributed by atoms with Gasteiger partial charge in [-0.05, 0) is 31.4 Å². The van der Waals surface area contributed by atoms with Gasteiger partial charge in [0, 0.05) is 6.42 Å². The van der Waals surface area contributed by atoms with Gasteiger partial charge in [0.1, 0.15) is 11.9 Å². The summed E-state index contributed by atoms with van der Waals surface area (Å²) >= 11 is 0. The molecule has 1 aliphatic carbocycles. The van der Waals surface area contributed by atoms with Gasteiger partial charge in [-0.3, -0.25) is 9.59 Å². The Morgan fingerprint density at radius 1 is 1.42 bits per heavy atom. The van der Waals surface area contributed by atoms with Gasteiger partial charge in [0.25, 0.3) is 0 Å². The Morgan fingerprint density at radius 3 is 2.84 bits per heavy atom. The maximum atomic E-state index is 12.3. The number of carbonyl (C=O) groups excluding carboxylic acids is 2. The van der Waals surface area contributed by atoms with E-state index in [2.05, 4.69) is 0 Å². The van der Waals surface area contributed by atoms with E-state index >= 15 is 0 Å². The van der Waals surface area contributed by atoms with Gasteiger partial charge in [-0.15, -0.1) is 0 Å². The molecule has 0 aromatic heterocycles. The number of aliphatic hydroxyl groups is 1. The first-order valence-electron chi connectivity index (χ1n) is 6.72. The molecule has 1 heterocycles. The molecule has 0 aromatic rings. The second-order valence-electron chi connectivity index (χ2n) is 5.43. The van der Waals surface area contributed by atoms with Gasteiger partial charge in [-0.2, -0.15) is 0 Å². The highest BCUT2D eigenvalue weighted by molar-refractivity contribution is 5.91. The summed E-state index contributed by atoms with van der Waals surface area (Å²) in [5, 5.41) is 9.34. The summed E-state index contributed by atoms with van der Waals surface area (Å²) in [5.41, 5.74) is 1.85. The van der Waals surface area contributed by atoms with E-state index in [4.69, 9.17) is 4.74 Å². The van der Waals surface area contributed by atoms with Gasteiger partial charge in [-0.25, -0.2) is 0 Å². The predicted octanol–water partition coefficient (Wildman–Crippen LogP) is 1.78. The standard InChI is InChI=1S/C15H20O4/c1-9-4-3-5-11(8-16)7-13-14(12(17)6-9)10(2)15(18)19-13/h4,7,10,13-14,16H,3,5-6,8H2,1-2H3/b9-4+,11-7-/t10-,13+,14+/m0/s1. The number of ether oxygens (including phenoxy) is 1. The molecule has 4 heteroatoms. The zero-order valence-corrected chi connectivity index (χ0v) is 11.4. The number of carbonyl (C=O) groups is 2. The van der Waals surface area contributed by atoms with E-state index in [0.29, 0.717) is 6.42 Å². The van der Waals surface area contributed by atoms with Crippen molar-refractivity contribution in [1.29, 1.82) is 0 Å². The molecule has 1 aliphatic heterocycles. The molecule has 0 saturated carbocycles. The van der Waals surface area contributed by atoms with E-state index in [0.717, 1.165) is 24.0 Å². The molecule has 4 nitrogen and oxygen atoms in total. The summed E-state index contributed by atoms with van der Waals surface area (Å²) in [4.78, 5) is 24.0. The number of aliphatic hydroxyl groups excluding tert-OH is 1. The molecule has 104 valence electrons. The van der Waals surface area contributed by atoms with Gasteiger partial charge in [0.05, 0.1) is 18.4 Å². The first-order chi connectivity index (χ1) is 9.02. The molecule has 0 spiro atoms. The van der Waals surface area contributed by atoms with E-state index < -0.39 is 17.9 Å². The highest BCUT2D eigenvalue weighted by atomic mass is 16.6. The Labute approximate surface area is 113 Å². The van der Waals surface area contributed by atoms with Crippen molar-refractivity contribution >= 4 is 11.8 Å². The molecule has 0 radical (unpaired) electrons. The van der Waals surface area contributed by atoms with Crippen LogP contribution in [-0.2, 0) is 14.3 Å². The van der Waals surface area contributed by atoms with Gasteiger partial charge in [0.15, 0.2) is 0 Å². The SMILES string of the molecule is C/C1=C\CC/C(CO)=C/[C@H]2OC(=O)[C@@H](C)[C@@H]2C(=O)C1. The van der Waals surface area contributed by atoms with E-state index in [-0.39, 0.29) is 18.4 Å². The van der Waals surface area contributed by atoms with E-state index in [1.807, 2.05) is 13.0 Å². The highest BCUT2D eigenvalue weighted by Crippen LogP contribution is 2.33. The van der Waals surface area contributed by atoms with Crippen LogP contribution in [0.25, 0.3) is 0 Å². The van der Waals surface area contributed by atoms with Crippen molar-refractivity contribution in [2.24, 2.45) is 11.8 Å². The van der Waals surface area contributed by atoms with Crippen LogP contribution < -0.4 is 0 Å². The van der Waals surface area contributed by atoms with Gasteiger partial charge < -0.3 is 9.84 Å². The molecule has 1 fully saturated rings. The predicted molar refractivity (Wildman–Crippen MR) is 70.3 cm³/mol. The fourth-order valence-corrected chi connectivity index (χ4v) is 2.76. The van der Waals surface area contributed by atoms with Gasteiger partial charge in [0.2, 0.25) is 0 Å². The quantitative estimate of drug-likeness (QED) is 0.579. The van der Waals surface area contributed by atoms with Crippen LogP contribution in [-0.4, -0.2) is 29.6 Å². The number of hydrogen-bond donors (Lipinski definition) is 1. The van der Waals surface area contributed by atoms with E-state index in [9.17, 15) is 14.7 Å². The lowest BCUT2D eigenvalue weighted by Crippen LogP contribution is -2.28. The fraction of sp³-hybridized carbons (Fsp3) is 0.600. The summed E-state index contributed by atoms with van der Waals surface area (Å²) in [5.74, 6) is -1.10. The fourth-order valence-electron chi connectivity index (χ4n) is 2.76. The minimum atomic E-state index is -0.511. The van der Waals surface area contributed by atoms with Crippen LogP contribution >= 0.6 is 0 Å². The number of esters is 1. The molecule has 1 N–H and O–H groups in total. The zero-order chi connectivity index (χ0) is 14.0. The smallest absolute Gasteiger partial charge is 0.310 e. The van der Waals surface area contributed by atoms with Crippen LogP contribution in [0.4, 0.5) is 0 Å². The Morgan fingerprint density at radius 2 is 2.16 bits per heavy atom. The van der Waals surface area contributed by atoms with Crippen LogP contribution in [0.5, 0.6) is 0 Å². The number of rotatable bonds is 1. The van der Waals surface area contributed by atoms with Crippen molar-refractivity contribution in [1.82, 2.24) is 0 Å². The van der Waals surface area contributed by atoms with Gasteiger partial charge in [-0.1, -0.05) is 18.6 Å². The number of hydrogen-bond acceptors (Lipinski definition) is 4. The topological polar surface area (TPSA) is 63.6 Å². The van der Waals surface area contributed by atoms with Crippen LogP contribution in [0.15, 0.2) is 23.3 Å². The average molecular weight is 264 g/mol. The molecule has 1 saturated heterocycles. The summed E-state index contributed by atoms with van der Waals surface area (Å²) in [6, 6.07) is 0. The Hall–Kier alpha value is -1.42. The largest absolute Gasteiger partial charge is 0.457 e. The van der Waals surface area contributed by atoms with Crippen LogP contribution in [0.3, 0.4) is 0 Å². The van der Waals surface area contributed by atoms with E-state index in [1.165, 1.54) is 0 Å². The normalized spacial score (nSPS) is 37.7. The lowest BCUT2D eigenvalue weighted by molar-refractivity contribution is -0.142. The molecule has 2 rings (SSSR count). The number of fused-ring (bicyclic) bond motifs is 1. The Kier molecular flexibility index (Phi) is 4.20. The monoisotopic (exact) mass is 264 g/mol. The van der Waals surface area contributed by atoms with Crippen molar-refractivity contribution in [2.75, 3.05) is 6.61 Å². The molecule has 0 unspecified atom stereocenters. The molecule has 3 atom stereocenters. The lowest BCUT2D eigenvalue weighted by atomic mass is 9.83. The molecule has 0 amide bonds. The summed E-state index contributed by atoms with van der Waals surface area (Å²) in [7, 11) is 0. The van der Waals surface area contributed by atoms with Crippen LogP contribution in [0.2, 0.25) is 0 Å². The summed E-state index contributed by atoms with van der Waals surface area (Å²) < 4.78 is 5.28. The minimum absolute atomic E-state index is 0.0486. The third-order valence-electron chi connectivity index (χ3n) is 3.90. The Balaban J connectivity index is 2.34. The summed E-state index contributed by atoms with van der Waals surface area (Å²) in [6.45, 7) is 3.61. The van der Waals surface area contributed by atoms with Crippen molar-refractivity contribution in [2.45, 2.75) is 39.2 Å². The van der Waals surface area contributed by atoms with Crippen molar-refractivity contribution in [3.05, 3.63) is 23.3 Å². The molecular weight excluding hydrogens is 244 g/mol. The van der Waals surface area contributed by atoms with Crippen molar-refractivity contribution in [3.63, 3.8) is 0 Å². The van der Waals surface area contributed by atoms with Crippen LogP contribution in [0, 0.1) is 11.8 Å². The van der Waals surface area contributed by atoms with Gasteiger partial charge >= 0.3 is 5.97 Å². The second kappa shape index (κ2) is 5.70. The van der Waals surface area contributed by atoms with Crippen molar-refractivity contribution < 1.29 is 19.4 Å². The molecular formula is C15H20O4. The first-order valence-corrected chi connectivity index (χ1v) is 6.72. The molecule has 2 aliphatic rings. The van der Waals surface area contributed by atoms with Crippen molar-refractivity contribution in [3.8, 4) is 0 Å². The molecule has 0 bridgehead atoms. The Bertz CT molecular complexity index is 447. The second-order valence-corrected chi connectivity index (χ2v) is 5.43. The highest BCUT2D eigenvalue weighted by Gasteiger charge is 2.44. The third-order valence-corrected chi connectivity index (χ3v) is 3.90. The third kappa shape index (κ3) is 2.95. The number of ketones is 1. The minimum Gasteiger partial charge on any atom is -0.457 e. The average Bonchev–Trinajstić information content (AvgIpc) is 2.63. The maximum Gasteiger partial charge on any atom is 0.310 e. The number of allylic oxidation sites excluding steroid dienone is 2. The molecule has 0 aromatic carbocycles. The number of Topliss-reactive ketones (excluding diaryl/α,β-unsaturated/α-hetero) is 1.